The summed E-state index contributed by atoms with van der Waals surface area (Å²) >= 11 is 1.81. The van der Waals surface area contributed by atoms with Crippen LogP contribution in [-0.2, 0) is 0 Å². The number of benzene rings is 2. The van der Waals surface area contributed by atoms with Crippen LogP contribution in [0.3, 0.4) is 0 Å². The largest absolute Gasteiger partial charge is 0.494 e. The first-order valence-corrected chi connectivity index (χ1v) is 14.8. The topological polar surface area (TPSA) is 26.3 Å². The highest BCUT2D eigenvalue weighted by Crippen LogP contribution is 2.30. The Labute approximate surface area is 220 Å². The lowest BCUT2D eigenvalue weighted by Gasteiger charge is -2.15. The number of carbonyl (C=O) groups is 1. The standard InChI is InChI=1S/C21H26O2S.C9H18.C2H6/c1-4-6-20(24-19-13-7-16(3)8-14-19)15-21(22)17-9-11-18(12-10-17)23-5-2;1-8-4-3-5-9(2)7-6-8;1-2/h7-14,20H,4-6,15H2,1-3H3;8-9H,3-7H2,1-2H3;1-2H3/t;8-,9?;/m.0./s1. The summed E-state index contributed by atoms with van der Waals surface area (Å²) in [4.78, 5) is 13.8. The van der Waals surface area contributed by atoms with Crippen LogP contribution in [-0.4, -0.2) is 17.6 Å². The fraction of sp³-hybridized carbons (Fsp3) is 0.594. The molecule has 0 N–H and O–H groups in total. The summed E-state index contributed by atoms with van der Waals surface area (Å²) in [5.41, 5.74) is 2.03. The molecule has 1 aliphatic rings. The van der Waals surface area contributed by atoms with Gasteiger partial charge in [0.1, 0.15) is 5.75 Å². The molecule has 1 fully saturated rings. The molecule has 196 valence electrons. The highest BCUT2D eigenvalue weighted by molar-refractivity contribution is 8.00. The Hall–Kier alpha value is -1.74. The van der Waals surface area contributed by atoms with Crippen LogP contribution in [0.4, 0.5) is 0 Å². The summed E-state index contributed by atoms with van der Waals surface area (Å²) in [7, 11) is 0. The van der Waals surface area contributed by atoms with Crippen molar-refractivity contribution in [2.24, 2.45) is 11.8 Å². The Morgan fingerprint density at radius 2 is 1.49 bits per heavy atom. The van der Waals surface area contributed by atoms with Gasteiger partial charge in [-0.2, -0.15) is 0 Å². The zero-order valence-corrected chi connectivity index (χ0v) is 24.3. The molecule has 0 bridgehead atoms. The molecule has 2 aromatic rings. The summed E-state index contributed by atoms with van der Waals surface area (Å²) in [6.45, 7) is 15.6. The van der Waals surface area contributed by atoms with E-state index in [1.807, 2.05) is 56.8 Å². The van der Waals surface area contributed by atoms with Crippen LogP contribution >= 0.6 is 11.8 Å². The van der Waals surface area contributed by atoms with Gasteiger partial charge in [0.25, 0.3) is 0 Å². The van der Waals surface area contributed by atoms with E-state index >= 15 is 0 Å². The molecule has 0 aliphatic heterocycles. The first kappa shape index (κ1) is 31.3. The lowest BCUT2D eigenvalue weighted by molar-refractivity contribution is 0.0981. The molecule has 0 spiro atoms. The van der Waals surface area contributed by atoms with E-state index in [9.17, 15) is 4.79 Å². The van der Waals surface area contributed by atoms with Crippen molar-refractivity contribution in [3.63, 3.8) is 0 Å². The summed E-state index contributed by atoms with van der Waals surface area (Å²) in [5, 5.41) is 0.316. The highest BCUT2D eigenvalue weighted by Gasteiger charge is 2.16. The van der Waals surface area contributed by atoms with E-state index in [0.29, 0.717) is 18.3 Å². The molecule has 0 heterocycles. The Kier molecular flexibility index (Phi) is 16.6. The van der Waals surface area contributed by atoms with Crippen molar-refractivity contribution in [1.29, 1.82) is 0 Å². The maximum Gasteiger partial charge on any atom is 0.163 e. The normalized spacial score (nSPS) is 18.1. The fourth-order valence-electron chi connectivity index (χ4n) is 4.23. The number of ether oxygens (including phenoxy) is 1. The molecule has 0 amide bonds. The number of hydrogen-bond acceptors (Lipinski definition) is 3. The lowest BCUT2D eigenvalue weighted by Crippen LogP contribution is -2.11. The molecule has 1 aliphatic carbocycles. The Balaban J connectivity index is 0.000000464. The van der Waals surface area contributed by atoms with E-state index in [1.165, 1.54) is 42.6 Å². The lowest BCUT2D eigenvalue weighted by atomic mass is 10.0. The minimum atomic E-state index is 0.205. The fourth-order valence-corrected chi connectivity index (χ4v) is 5.50. The van der Waals surface area contributed by atoms with E-state index in [0.717, 1.165) is 36.0 Å². The molecule has 35 heavy (non-hydrogen) atoms. The first-order chi connectivity index (χ1) is 16.9. The molecule has 3 heteroatoms. The molecule has 2 nitrogen and oxygen atoms in total. The van der Waals surface area contributed by atoms with E-state index in [2.05, 4.69) is 52.0 Å². The van der Waals surface area contributed by atoms with Crippen LogP contribution in [0.2, 0.25) is 0 Å². The molecule has 0 aromatic heterocycles. The molecule has 3 rings (SSSR count). The van der Waals surface area contributed by atoms with Crippen molar-refractivity contribution in [1.82, 2.24) is 0 Å². The molecular weight excluding hydrogens is 448 g/mol. The number of Topliss-reactive ketones (excluding diaryl/α,β-unsaturated/α-hetero) is 1. The summed E-state index contributed by atoms with van der Waals surface area (Å²) in [6.07, 6.45) is 10.1. The Bertz CT molecular complexity index is 787. The monoisotopic (exact) mass is 498 g/mol. The third-order valence-corrected chi connectivity index (χ3v) is 7.66. The predicted molar refractivity (Wildman–Crippen MR) is 155 cm³/mol. The van der Waals surface area contributed by atoms with Crippen molar-refractivity contribution in [2.75, 3.05) is 6.61 Å². The average Bonchev–Trinajstić information content (AvgIpc) is 3.06. The van der Waals surface area contributed by atoms with Gasteiger partial charge in [-0.25, -0.2) is 0 Å². The highest BCUT2D eigenvalue weighted by atomic mass is 32.2. The summed E-state index contributed by atoms with van der Waals surface area (Å²) in [5.74, 6) is 3.04. The Morgan fingerprint density at radius 3 is 2.00 bits per heavy atom. The van der Waals surface area contributed by atoms with Gasteiger partial charge in [0.15, 0.2) is 5.78 Å². The summed E-state index contributed by atoms with van der Waals surface area (Å²) < 4.78 is 5.43. The maximum atomic E-state index is 12.6. The van der Waals surface area contributed by atoms with Crippen molar-refractivity contribution in [2.45, 2.75) is 110 Å². The van der Waals surface area contributed by atoms with Crippen LogP contribution in [0.15, 0.2) is 53.4 Å². The second-order valence-electron chi connectivity index (χ2n) is 9.64. The van der Waals surface area contributed by atoms with Crippen molar-refractivity contribution >= 4 is 17.5 Å². The summed E-state index contributed by atoms with van der Waals surface area (Å²) in [6, 6.07) is 16.0. The molecule has 2 unspecified atom stereocenters. The van der Waals surface area contributed by atoms with Crippen LogP contribution in [0, 0.1) is 18.8 Å². The van der Waals surface area contributed by atoms with Gasteiger partial charge in [-0.3, -0.25) is 4.79 Å². The Morgan fingerprint density at radius 1 is 0.914 bits per heavy atom. The van der Waals surface area contributed by atoms with Gasteiger partial charge in [-0.15, -0.1) is 11.8 Å². The quantitative estimate of drug-likeness (QED) is 0.195. The van der Waals surface area contributed by atoms with Crippen molar-refractivity contribution in [3.05, 3.63) is 59.7 Å². The molecule has 3 atom stereocenters. The van der Waals surface area contributed by atoms with Gasteiger partial charge in [0, 0.05) is 22.1 Å². The number of carbonyl (C=O) groups excluding carboxylic acids is 1. The number of thioether (sulfide) groups is 1. The first-order valence-electron chi connectivity index (χ1n) is 13.9. The van der Waals surface area contributed by atoms with Crippen LogP contribution in [0.25, 0.3) is 0 Å². The van der Waals surface area contributed by atoms with Crippen molar-refractivity contribution in [3.8, 4) is 5.75 Å². The molecule has 0 saturated heterocycles. The van der Waals surface area contributed by atoms with Gasteiger partial charge in [-0.1, -0.05) is 90.8 Å². The van der Waals surface area contributed by atoms with Gasteiger partial charge in [-0.05, 0) is 68.5 Å². The minimum Gasteiger partial charge on any atom is -0.494 e. The molecule has 2 aromatic carbocycles. The zero-order valence-electron chi connectivity index (χ0n) is 23.4. The van der Waals surface area contributed by atoms with E-state index in [1.54, 1.807) is 0 Å². The van der Waals surface area contributed by atoms with Gasteiger partial charge in [0.2, 0.25) is 0 Å². The molecule has 1 saturated carbocycles. The second kappa shape index (κ2) is 18.5. The molecular formula is C32H50O2S. The van der Waals surface area contributed by atoms with E-state index in [-0.39, 0.29) is 5.78 Å². The van der Waals surface area contributed by atoms with Crippen molar-refractivity contribution < 1.29 is 9.53 Å². The maximum absolute atomic E-state index is 12.6. The second-order valence-corrected chi connectivity index (χ2v) is 11.0. The van der Waals surface area contributed by atoms with Gasteiger partial charge in [0.05, 0.1) is 6.61 Å². The number of hydrogen-bond donors (Lipinski definition) is 0. The van der Waals surface area contributed by atoms with E-state index in [4.69, 9.17) is 4.74 Å². The SMILES string of the molecule is CC.CC1CCC[C@H](C)CC1.CCCC(CC(=O)c1ccc(OCC)cc1)Sc1ccc(C)cc1. The van der Waals surface area contributed by atoms with Crippen LogP contribution in [0.1, 0.15) is 109 Å². The van der Waals surface area contributed by atoms with Gasteiger partial charge < -0.3 is 4.74 Å². The smallest absolute Gasteiger partial charge is 0.163 e. The third kappa shape index (κ3) is 13.2. The van der Waals surface area contributed by atoms with E-state index < -0.39 is 0 Å². The molecule has 0 radical (unpaired) electrons. The number of aryl methyl sites for hydroxylation is 1. The number of rotatable bonds is 9. The number of ketones is 1. The van der Waals surface area contributed by atoms with Gasteiger partial charge >= 0.3 is 0 Å². The van der Waals surface area contributed by atoms with Crippen LogP contribution in [0.5, 0.6) is 5.75 Å². The zero-order chi connectivity index (χ0) is 26.1. The predicted octanol–water partition coefficient (Wildman–Crippen LogP) is 10.2. The average molecular weight is 499 g/mol. The minimum absolute atomic E-state index is 0.205. The third-order valence-electron chi connectivity index (χ3n) is 6.38. The van der Waals surface area contributed by atoms with Crippen LogP contribution < -0.4 is 4.74 Å².